The molecule has 0 bridgehead atoms. The zero-order valence-electron chi connectivity index (χ0n) is 8.74. The number of benzene rings is 1. The minimum absolute atomic E-state index is 0.329. The lowest BCUT2D eigenvalue weighted by Gasteiger charge is -2.09. The molecule has 1 nitrogen and oxygen atoms in total. The molecule has 1 heteroatoms. The summed E-state index contributed by atoms with van der Waals surface area (Å²) >= 11 is 0. The lowest BCUT2D eigenvalue weighted by molar-refractivity contribution is 0.120. The van der Waals surface area contributed by atoms with E-state index in [1.165, 1.54) is 5.56 Å². The highest BCUT2D eigenvalue weighted by Gasteiger charge is 2.50. The Balaban J connectivity index is 1.84. The number of aliphatic hydroxyl groups is 1. The first-order valence-electron chi connectivity index (χ1n) is 5.51. The Hall–Kier alpha value is -0.820. The molecule has 1 aliphatic rings. The third-order valence-corrected chi connectivity index (χ3v) is 3.38. The molecular formula is C13H18O. The van der Waals surface area contributed by atoms with Crippen LogP contribution < -0.4 is 0 Å². The fourth-order valence-corrected chi connectivity index (χ4v) is 2.20. The molecule has 2 unspecified atom stereocenters. The summed E-state index contributed by atoms with van der Waals surface area (Å²) in [6.07, 6.45) is 4.06. The van der Waals surface area contributed by atoms with Gasteiger partial charge in [-0.05, 0) is 30.7 Å². The van der Waals surface area contributed by atoms with Crippen molar-refractivity contribution in [3.05, 3.63) is 35.9 Å². The predicted molar refractivity (Wildman–Crippen MR) is 58.1 cm³/mol. The molecule has 0 aliphatic heterocycles. The number of rotatable bonds is 4. The molecular weight excluding hydrogens is 172 g/mol. The summed E-state index contributed by atoms with van der Waals surface area (Å²) < 4.78 is 0. The quantitative estimate of drug-likeness (QED) is 0.774. The fraction of sp³-hybridized carbons (Fsp3) is 0.538. The zero-order chi connectivity index (χ0) is 10.0. The van der Waals surface area contributed by atoms with Crippen LogP contribution in [0.2, 0.25) is 0 Å². The van der Waals surface area contributed by atoms with Crippen molar-refractivity contribution in [1.82, 2.24) is 0 Å². The van der Waals surface area contributed by atoms with Crippen LogP contribution in [-0.2, 0) is 6.42 Å². The number of aryl methyl sites for hydroxylation is 1. The smallest absolute Gasteiger partial charge is 0.0683 e. The van der Waals surface area contributed by atoms with E-state index < -0.39 is 0 Å². The van der Waals surface area contributed by atoms with Gasteiger partial charge in [-0.3, -0.25) is 0 Å². The van der Waals surface area contributed by atoms with Crippen LogP contribution in [0.3, 0.4) is 0 Å². The molecule has 0 amide bonds. The minimum Gasteiger partial charge on any atom is -0.390 e. The maximum Gasteiger partial charge on any atom is 0.0683 e. The Morgan fingerprint density at radius 1 is 1.36 bits per heavy atom. The molecule has 0 saturated heterocycles. The van der Waals surface area contributed by atoms with Crippen molar-refractivity contribution >= 4 is 0 Å². The summed E-state index contributed by atoms with van der Waals surface area (Å²) in [7, 11) is 0. The summed E-state index contributed by atoms with van der Waals surface area (Å²) in [5.74, 6) is 0.561. The van der Waals surface area contributed by atoms with E-state index in [0.717, 1.165) is 25.7 Å². The van der Waals surface area contributed by atoms with Crippen LogP contribution in [0.4, 0.5) is 0 Å². The number of hydrogen-bond donors (Lipinski definition) is 1. The summed E-state index contributed by atoms with van der Waals surface area (Å²) in [5, 5.41) is 10.0. The molecule has 0 heterocycles. The number of hydrogen-bond acceptors (Lipinski definition) is 1. The van der Waals surface area contributed by atoms with Gasteiger partial charge < -0.3 is 5.11 Å². The highest BCUT2D eigenvalue weighted by Crippen LogP contribution is 2.48. The van der Waals surface area contributed by atoms with E-state index in [9.17, 15) is 5.11 Å². The standard InChI is InChI=1S/C13H18O/c1-2-12-10-13(12,14)9-8-11-6-4-3-5-7-11/h3-7,12,14H,2,8-10H2,1H3. The van der Waals surface area contributed by atoms with Crippen molar-refractivity contribution in [1.29, 1.82) is 0 Å². The highest BCUT2D eigenvalue weighted by molar-refractivity contribution is 5.16. The van der Waals surface area contributed by atoms with Gasteiger partial charge in [0.15, 0.2) is 0 Å². The van der Waals surface area contributed by atoms with E-state index in [4.69, 9.17) is 0 Å². The normalized spacial score (nSPS) is 30.3. The van der Waals surface area contributed by atoms with E-state index >= 15 is 0 Å². The van der Waals surface area contributed by atoms with Gasteiger partial charge in [-0.25, -0.2) is 0 Å². The maximum atomic E-state index is 10.0. The van der Waals surface area contributed by atoms with Gasteiger partial charge in [0.1, 0.15) is 0 Å². The van der Waals surface area contributed by atoms with Gasteiger partial charge in [0.25, 0.3) is 0 Å². The molecule has 1 aromatic rings. The Morgan fingerprint density at radius 3 is 2.64 bits per heavy atom. The van der Waals surface area contributed by atoms with Crippen LogP contribution in [-0.4, -0.2) is 10.7 Å². The van der Waals surface area contributed by atoms with Crippen LogP contribution in [0.25, 0.3) is 0 Å². The third-order valence-electron chi connectivity index (χ3n) is 3.38. The second-order valence-corrected chi connectivity index (χ2v) is 4.40. The first kappa shape index (κ1) is 9.72. The summed E-state index contributed by atoms with van der Waals surface area (Å²) in [6.45, 7) is 2.16. The second-order valence-electron chi connectivity index (χ2n) is 4.40. The Morgan fingerprint density at radius 2 is 2.07 bits per heavy atom. The Bertz CT molecular complexity index is 293. The molecule has 76 valence electrons. The van der Waals surface area contributed by atoms with Gasteiger partial charge in [-0.15, -0.1) is 0 Å². The molecule has 1 saturated carbocycles. The van der Waals surface area contributed by atoms with Gasteiger partial charge in [-0.1, -0.05) is 43.7 Å². The van der Waals surface area contributed by atoms with Gasteiger partial charge in [0, 0.05) is 0 Å². The lowest BCUT2D eigenvalue weighted by Crippen LogP contribution is -2.11. The summed E-state index contributed by atoms with van der Waals surface area (Å²) in [4.78, 5) is 0. The van der Waals surface area contributed by atoms with Crippen LogP contribution >= 0.6 is 0 Å². The van der Waals surface area contributed by atoms with Gasteiger partial charge in [0.05, 0.1) is 5.60 Å². The topological polar surface area (TPSA) is 20.2 Å². The van der Waals surface area contributed by atoms with Crippen molar-refractivity contribution < 1.29 is 5.11 Å². The van der Waals surface area contributed by atoms with Crippen molar-refractivity contribution in [2.45, 2.75) is 38.2 Å². The van der Waals surface area contributed by atoms with Gasteiger partial charge >= 0.3 is 0 Å². The van der Waals surface area contributed by atoms with Crippen molar-refractivity contribution in [2.75, 3.05) is 0 Å². The molecule has 1 fully saturated rings. The minimum atomic E-state index is -0.329. The van der Waals surface area contributed by atoms with Crippen molar-refractivity contribution in [3.8, 4) is 0 Å². The summed E-state index contributed by atoms with van der Waals surface area (Å²) in [5.41, 5.74) is 1.01. The van der Waals surface area contributed by atoms with E-state index in [0.29, 0.717) is 5.92 Å². The fourth-order valence-electron chi connectivity index (χ4n) is 2.20. The van der Waals surface area contributed by atoms with Crippen molar-refractivity contribution in [2.24, 2.45) is 5.92 Å². The van der Waals surface area contributed by atoms with Crippen molar-refractivity contribution in [3.63, 3.8) is 0 Å². The molecule has 0 spiro atoms. The molecule has 2 atom stereocenters. The monoisotopic (exact) mass is 190 g/mol. The lowest BCUT2D eigenvalue weighted by atomic mass is 10.0. The first-order valence-corrected chi connectivity index (χ1v) is 5.51. The predicted octanol–water partition coefficient (Wildman–Crippen LogP) is 2.78. The van der Waals surface area contributed by atoms with E-state index in [2.05, 4.69) is 31.2 Å². The van der Waals surface area contributed by atoms with E-state index in [1.54, 1.807) is 0 Å². The summed E-state index contributed by atoms with van der Waals surface area (Å²) in [6, 6.07) is 10.4. The molecule has 0 aromatic heterocycles. The Kier molecular flexibility index (Phi) is 2.60. The average molecular weight is 190 g/mol. The maximum absolute atomic E-state index is 10.0. The van der Waals surface area contributed by atoms with Gasteiger partial charge in [0.2, 0.25) is 0 Å². The molecule has 14 heavy (non-hydrogen) atoms. The van der Waals surface area contributed by atoms with E-state index in [-0.39, 0.29) is 5.60 Å². The first-order chi connectivity index (χ1) is 6.74. The van der Waals surface area contributed by atoms with Crippen LogP contribution in [0, 0.1) is 5.92 Å². The molecule has 1 aliphatic carbocycles. The van der Waals surface area contributed by atoms with Crippen LogP contribution in [0.5, 0.6) is 0 Å². The SMILES string of the molecule is CCC1CC1(O)CCc1ccccc1. The highest BCUT2D eigenvalue weighted by atomic mass is 16.3. The molecule has 1 N–H and O–H groups in total. The average Bonchev–Trinajstić information content (AvgIpc) is 2.89. The second kappa shape index (κ2) is 3.74. The third kappa shape index (κ3) is 1.98. The molecule has 0 radical (unpaired) electrons. The molecule has 2 rings (SSSR count). The zero-order valence-corrected chi connectivity index (χ0v) is 8.74. The van der Waals surface area contributed by atoms with E-state index in [1.807, 2.05) is 6.07 Å². The largest absolute Gasteiger partial charge is 0.390 e. The Labute approximate surface area is 85.8 Å². The van der Waals surface area contributed by atoms with Gasteiger partial charge in [-0.2, -0.15) is 0 Å². The van der Waals surface area contributed by atoms with Crippen LogP contribution in [0.1, 0.15) is 31.7 Å². The molecule has 1 aromatic carbocycles. The van der Waals surface area contributed by atoms with Crippen LogP contribution in [0.15, 0.2) is 30.3 Å².